The molecule has 1 atom stereocenters. The van der Waals surface area contributed by atoms with Crippen molar-refractivity contribution >= 4 is 17.5 Å². The maximum Gasteiger partial charge on any atom is 0.416 e. The van der Waals surface area contributed by atoms with Crippen LogP contribution in [0.5, 0.6) is 0 Å². The van der Waals surface area contributed by atoms with E-state index in [4.69, 9.17) is 0 Å². The van der Waals surface area contributed by atoms with Gasteiger partial charge < -0.3 is 15.3 Å². The molecule has 0 radical (unpaired) electrons. The average molecular weight is 427 g/mol. The Bertz CT molecular complexity index is 1070. The predicted molar refractivity (Wildman–Crippen MR) is 111 cm³/mol. The molecule has 0 bridgehead atoms. The predicted octanol–water partition coefficient (Wildman–Crippen LogP) is 5.02. The number of carboxylic acid groups (broad SMARTS) is 1. The van der Waals surface area contributed by atoms with Crippen molar-refractivity contribution in [3.05, 3.63) is 89.2 Å². The van der Waals surface area contributed by atoms with E-state index >= 15 is 0 Å². The molecule has 3 aromatic rings. The number of nitrogens with one attached hydrogen (secondary N) is 1. The SMILES string of the molecule is O=C(O)NC1Cc2c(Cc3cccnc3)cccc2N(c2ccc(C(F)(F)F)cc2)C1. The topological polar surface area (TPSA) is 65.5 Å². The van der Waals surface area contributed by atoms with Gasteiger partial charge in [-0.25, -0.2) is 4.79 Å². The van der Waals surface area contributed by atoms with E-state index in [-0.39, 0.29) is 0 Å². The number of hydrogen-bond acceptors (Lipinski definition) is 3. The maximum absolute atomic E-state index is 13.0. The first-order valence-corrected chi connectivity index (χ1v) is 9.75. The van der Waals surface area contributed by atoms with Gasteiger partial charge in [-0.2, -0.15) is 13.2 Å². The van der Waals surface area contributed by atoms with Crippen molar-refractivity contribution in [2.75, 3.05) is 11.4 Å². The van der Waals surface area contributed by atoms with E-state index in [1.54, 1.807) is 12.4 Å². The van der Waals surface area contributed by atoms with Crippen LogP contribution < -0.4 is 10.2 Å². The number of rotatable bonds is 4. The molecule has 1 aliphatic heterocycles. The highest BCUT2D eigenvalue weighted by molar-refractivity contribution is 5.72. The Kier molecular flexibility index (Phi) is 5.54. The number of aromatic nitrogens is 1. The Morgan fingerprint density at radius 1 is 1.13 bits per heavy atom. The zero-order valence-electron chi connectivity index (χ0n) is 16.4. The van der Waals surface area contributed by atoms with Crippen LogP contribution in [-0.4, -0.2) is 28.8 Å². The number of nitrogens with zero attached hydrogens (tertiary/aromatic N) is 2. The number of amides is 1. The molecule has 0 saturated carbocycles. The molecule has 1 aromatic heterocycles. The van der Waals surface area contributed by atoms with Crippen LogP contribution in [0.15, 0.2) is 67.0 Å². The third-order valence-electron chi connectivity index (χ3n) is 5.34. The Morgan fingerprint density at radius 2 is 1.90 bits per heavy atom. The zero-order chi connectivity index (χ0) is 22.0. The molecule has 0 saturated heterocycles. The van der Waals surface area contributed by atoms with E-state index in [2.05, 4.69) is 10.3 Å². The van der Waals surface area contributed by atoms with Crippen LogP contribution in [0.3, 0.4) is 0 Å². The van der Waals surface area contributed by atoms with Crippen molar-refractivity contribution in [1.29, 1.82) is 0 Å². The average Bonchev–Trinajstić information content (AvgIpc) is 2.73. The molecule has 5 nitrogen and oxygen atoms in total. The van der Waals surface area contributed by atoms with Crippen molar-refractivity contribution < 1.29 is 23.1 Å². The van der Waals surface area contributed by atoms with E-state index in [0.29, 0.717) is 25.1 Å². The first kappa shape index (κ1) is 20.7. The lowest BCUT2D eigenvalue weighted by atomic mass is 9.90. The largest absolute Gasteiger partial charge is 0.465 e. The van der Waals surface area contributed by atoms with Gasteiger partial charge in [0.05, 0.1) is 11.6 Å². The quantitative estimate of drug-likeness (QED) is 0.614. The highest BCUT2D eigenvalue weighted by atomic mass is 19.4. The molecule has 8 heteroatoms. The molecule has 1 unspecified atom stereocenters. The van der Waals surface area contributed by atoms with Gasteiger partial charge in [0.15, 0.2) is 0 Å². The molecule has 0 aliphatic carbocycles. The third kappa shape index (κ3) is 4.63. The normalized spacial score (nSPS) is 16.0. The van der Waals surface area contributed by atoms with Crippen molar-refractivity contribution in [2.24, 2.45) is 0 Å². The number of pyridine rings is 1. The second-order valence-corrected chi connectivity index (χ2v) is 7.46. The summed E-state index contributed by atoms with van der Waals surface area (Å²) >= 11 is 0. The highest BCUT2D eigenvalue weighted by Gasteiger charge is 2.32. The Hall–Kier alpha value is -3.55. The molecule has 1 amide bonds. The van der Waals surface area contributed by atoms with E-state index in [0.717, 1.165) is 34.5 Å². The molecule has 2 heterocycles. The molecule has 0 fully saturated rings. The second kappa shape index (κ2) is 8.29. The molecule has 4 rings (SSSR count). The van der Waals surface area contributed by atoms with E-state index < -0.39 is 23.9 Å². The molecular formula is C23H20F3N3O2. The van der Waals surface area contributed by atoms with Crippen LogP contribution in [0, 0.1) is 0 Å². The summed E-state index contributed by atoms with van der Waals surface area (Å²) < 4.78 is 38.9. The molecule has 2 aromatic carbocycles. The van der Waals surface area contributed by atoms with E-state index in [9.17, 15) is 23.1 Å². The molecule has 0 spiro atoms. The molecule has 160 valence electrons. The minimum Gasteiger partial charge on any atom is -0.465 e. The summed E-state index contributed by atoms with van der Waals surface area (Å²) in [7, 11) is 0. The number of fused-ring (bicyclic) bond motifs is 1. The van der Waals surface area contributed by atoms with Crippen LogP contribution in [0.4, 0.5) is 29.3 Å². The first-order chi connectivity index (χ1) is 14.8. The van der Waals surface area contributed by atoms with Crippen LogP contribution in [0.1, 0.15) is 22.3 Å². The Labute approximate surface area is 177 Å². The number of hydrogen-bond donors (Lipinski definition) is 2. The Balaban J connectivity index is 1.73. The van der Waals surface area contributed by atoms with Gasteiger partial charge >= 0.3 is 12.3 Å². The monoisotopic (exact) mass is 427 g/mol. The molecule has 31 heavy (non-hydrogen) atoms. The van der Waals surface area contributed by atoms with Gasteiger partial charge in [-0.05, 0) is 65.9 Å². The standard InChI is InChI=1S/C23H20F3N3O2/c24-23(25,26)17-6-8-19(9-7-17)29-14-18(28-22(30)31)12-20-16(4-1-5-21(20)29)11-15-3-2-10-27-13-15/h1-10,13,18,28H,11-12,14H2,(H,30,31). The van der Waals surface area contributed by atoms with Gasteiger partial charge in [0.2, 0.25) is 0 Å². The molecular weight excluding hydrogens is 407 g/mol. The number of alkyl halides is 3. The number of carbonyl (C=O) groups is 1. The number of halogens is 3. The summed E-state index contributed by atoms with van der Waals surface area (Å²) in [6.07, 6.45) is -0.952. The number of benzene rings is 2. The fraction of sp³-hybridized carbons (Fsp3) is 0.217. The molecule has 2 N–H and O–H groups in total. The van der Waals surface area contributed by atoms with Gasteiger partial charge in [-0.3, -0.25) is 4.98 Å². The summed E-state index contributed by atoms with van der Waals surface area (Å²) in [4.78, 5) is 17.3. The lowest BCUT2D eigenvalue weighted by Crippen LogP contribution is -2.46. The van der Waals surface area contributed by atoms with Gasteiger partial charge in [-0.1, -0.05) is 18.2 Å². The van der Waals surface area contributed by atoms with Gasteiger partial charge in [0.1, 0.15) is 0 Å². The highest BCUT2D eigenvalue weighted by Crippen LogP contribution is 2.37. The number of anilines is 2. The fourth-order valence-corrected chi connectivity index (χ4v) is 3.97. The minimum atomic E-state index is -4.41. The zero-order valence-corrected chi connectivity index (χ0v) is 16.4. The van der Waals surface area contributed by atoms with Crippen molar-refractivity contribution in [1.82, 2.24) is 10.3 Å². The van der Waals surface area contributed by atoms with Crippen molar-refractivity contribution in [3.8, 4) is 0 Å². The summed E-state index contributed by atoms with van der Waals surface area (Å²) in [5, 5.41) is 11.8. The van der Waals surface area contributed by atoms with Crippen LogP contribution in [0.2, 0.25) is 0 Å². The van der Waals surface area contributed by atoms with E-state index in [1.165, 1.54) is 12.1 Å². The summed E-state index contributed by atoms with van der Waals surface area (Å²) in [5.41, 5.74) is 3.73. The van der Waals surface area contributed by atoms with E-state index in [1.807, 2.05) is 35.2 Å². The molecule has 1 aliphatic rings. The second-order valence-electron chi connectivity index (χ2n) is 7.46. The van der Waals surface area contributed by atoms with Gasteiger partial charge in [0, 0.05) is 30.3 Å². The third-order valence-corrected chi connectivity index (χ3v) is 5.34. The smallest absolute Gasteiger partial charge is 0.416 e. The first-order valence-electron chi connectivity index (χ1n) is 9.75. The van der Waals surface area contributed by atoms with Crippen LogP contribution in [0.25, 0.3) is 0 Å². The van der Waals surface area contributed by atoms with Crippen LogP contribution in [-0.2, 0) is 19.0 Å². The summed E-state index contributed by atoms with van der Waals surface area (Å²) in [6, 6.07) is 14.2. The van der Waals surface area contributed by atoms with Gasteiger partial charge in [-0.15, -0.1) is 0 Å². The summed E-state index contributed by atoms with van der Waals surface area (Å²) in [6.45, 7) is 0.320. The maximum atomic E-state index is 13.0. The van der Waals surface area contributed by atoms with Crippen LogP contribution >= 0.6 is 0 Å². The van der Waals surface area contributed by atoms with Gasteiger partial charge in [0.25, 0.3) is 0 Å². The minimum absolute atomic E-state index is 0.320. The fourth-order valence-electron chi connectivity index (χ4n) is 3.97. The van der Waals surface area contributed by atoms with Crippen molar-refractivity contribution in [3.63, 3.8) is 0 Å². The lowest BCUT2D eigenvalue weighted by Gasteiger charge is -2.37. The summed E-state index contributed by atoms with van der Waals surface area (Å²) in [5.74, 6) is 0. The lowest BCUT2D eigenvalue weighted by molar-refractivity contribution is -0.137. The van der Waals surface area contributed by atoms with Crippen molar-refractivity contribution in [2.45, 2.75) is 25.1 Å². The Morgan fingerprint density at radius 3 is 2.55 bits per heavy atom.